The summed E-state index contributed by atoms with van der Waals surface area (Å²) < 4.78 is 0. The third-order valence-corrected chi connectivity index (χ3v) is 5.79. The van der Waals surface area contributed by atoms with E-state index in [1.165, 1.54) is 17.0 Å². The number of nitrogens with zero attached hydrogens (tertiary/aromatic N) is 4. The Labute approximate surface area is 178 Å². The number of thiophene rings is 1. The molecule has 2 aromatic rings. The van der Waals surface area contributed by atoms with Gasteiger partial charge in [0.2, 0.25) is 0 Å². The lowest BCUT2D eigenvalue weighted by molar-refractivity contribution is 0.112. The molecule has 2 heterocycles. The topological polar surface area (TPSA) is 49.3 Å². The first-order chi connectivity index (χ1) is 14.0. The molecule has 6 heteroatoms. The highest BCUT2D eigenvalue weighted by Gasteiger charge is 2.17. The van der Waals surface area contributed by atoms with Gasteiger partial charge in [0.25, 0.3) is 0 Å². The second-order valence-corrected chi connectivity index (χ2v) is 8.10. The van der Waals surface area contributed by atoms with Gasteiger partial charge >= 0.3 is 0 Å². The van der Waals surface area contributed by atoms with Gasteiger partial charge in [0.1, 0.15) is 17.0 Å². The Hall–Kier alpha value is -2.47. The maximum absolute atomic E-state index is 11.6. The molecule has 29 heavy (non-hydrogen) atoms. The Kier molecular flexibility index (Phi) is 8.58. The van der Waals surface area contributed by atoms with E-state index in [0.29, 0.717) is 5.92 Å². The van der Waals surface area contributed by atoms with Gasteiger partial charge < -0.3 is 9.80 Å². The number of anilines is 1. The first-order valence-electron chi connectivity index (χ1n) is 10.2. The second kappa shape index (κ2) is 10.9. The molecule has 0 spiro atoms. The van der Waals surface area contributed by atoms with Crippen molar-refractivity contribution in [1.29, 1.82) is 0 Å². The highest BCUT2D eigenvalue weighted by molar-refractivity contribution is 7.20. The third kappa shape index (κ3) is 5.54. The van der Waals surface area contributed by atoms with Gasteiger partial charge in [-0.15, -0.1) is 11.3 Å². The summed E-state index contributed by atoms with van der Waals surface area (Å²) in [6, 6.07) is 0. The Bertz CT molecular complexity index is 911. The molecule has 2 aromatic heterocycles. The highest BCUT2D eigenvalue weighted by atomic mass is 32.1. The summed E-state index contributed by atoms with van der Waals surface area (Å²) in [5, 5.41) is 1.00. The molecule has 0 N–H and O–H groups in total. The van der Waals surface area contributed by atoms with E-state index in [2.05, 4.69) is 59.3 Å². The number of aldehydes is 1. The number of likely N-dealkylation sites (N-methyl/N-ethyl adjacent to an activating group) is 1. The van der Waals surface area contributed by atoms with Crippen molar-refractivity contribution in [3.8, 4) is 0 Å². The van der Waals surface area contributed by atoms with Gasteiger partial charge in [-0.05, 0) is 43.0 Å². The first-order valence-corrected chi connectivity index (χ1v) is 11.0. The molecule has 3 rings (SSSR count). The van der Waals surface area contributed by atoms with Crippen LogP contribution in [0.1, 0.15) is 48.8 Å². The van der Waals surface area contributed by atoms with Crippen molar-refractivity contribution in [2.75, 3.05) is 26.0 Å². The summed E-state index contributed by atoms with van der Waals surface area (Å²) >= 11 is 1.44. The summed E-state index contributed by atoms with van der Waals surface area (Å²) in [7, 11) is 5.99. The standard InChI is InChI=1S/C21H26N4OS.C2H6/c1-15-8-10-16(11-9-15)25(4)12-6-5-7-17-18(13-26)27-21-19(17)20(24(2)3)22-14-23-21;1-2/h6,8,10-15H,5,7,9H2,1-4H3;1-2H3/b12-6-;. The lowest BCUT2D eigenvalue weighted by Gasteiger charge is -2.19. The summed E-state index contributed by atoms with van der Waals surface area (Å²) in [6.07, 6.45) is 16.2. The maximum atomic E-state index is 11.6. The van der Waals surface area contributed by atoms with Gasteiger partial charge in [-0.2, -0.15) is 0 Å². The highest BCUT2D eigenvalue weighted by Crippen LogP contribution is 2.34. The van der Waals surface area contributed by atoms with Crippen molar-refractivity contribution >= 4 is 33.7 Å². The van der Waals surface area contributed by atoms with E-state index in [9.17, 15) is 4.79 Å². The molecular weight excluding hydrogens is 380 g/mol. The van der Waals surface area contributed by atoms with E-state index in [-0.39, 0.29) is 0 Å². The molecule has 0 bridgehead atoms. The van der Waals surface area contributed by atoms with Gasteiger partial charge in [0.05, 0.1) is 10.3 Å². The zero-order valence-corrected chi connectivity index (χ0v) is 19.2. The quantitative estimate of drug-likeness (QED) is 0.566. The lowest BCUT2D eigenvalue weighted by Crippen LogP contribution is -2.11. The largest absolute Gasteiger partial charge is 0.362 e. The molecule has 0 radical (unpaired) electrons. The van der Waals surface area contributed by atoms with Gasteiger partial charge in [-0.3, -0.25) is 4.79 Å². The van der Waals surface area contributed by atoms with Crippen molar-refractivity contribution in [2.24, 2.45) is 5.92 Å². The number of carbonyl (C=O) groups excluding carboxylic acids is 1. The van der Waals surface area contributed by atoms with Gasteiger partial charge in [-0.25, -0.2) is 9.97 Å². The molecule has 156 valence electrons. The molecular formula is C23H32N4OS. The molecule has 1 aliphatic rings. The zero-order valence-electron chi connectivity index (χ0n) is 18.3. The van der Waals surface area contributed by atoms with E-state index in [4.69, 9.17) is 0 Å². The molecule has 1 aliphatic carbocycles. The van der Waals surface area contributed by atoms with Crippen LogP contribution in [-0.2, 0) is 6.42 Å². The molecule has 0 saturated heterocycles. The van der Waals surface area contributed by atoms with Gasteiger partial charge in [0, 0.05) is 26.8 Å². The number of carbonyl (C=O) groups is 1. The van der Waals surface area contributed by atoms with Crippen LogP contribution in [0.2, 0.25) is 0 Å². The van der Waals surface area contributed by atoms with Gasteiger partial charge in [-0.1, -0.05) is 39.0 Å². The fourth-order valence-electron chi connectivity index (χ4n) is 3.20. The van der Waals surface area contributed by atoms with Crippen LogP contribution in [0.15, 0.2) is 42.5 Å². The van der Waals surface area contributed by atoms with Crippen molar-refractivity contribution in [3.05, 3.63) is 53.0 Å². The van der Waals surface area contributed by atoms with Crippen LogP contribution in [0.5, 0.6) is 0 Å². The van der Waals surface area contributed by atoms with Crippen LogP contribution < -0.4 is 4.90 Å². The molecule has 0 saturated carbocycles. The molecule has 0 amide bonds. The van der Waals surface area contributed by atoms with Crippen LogP contribution in [-0.4, -0.2) is 42.3 Å². The summed E-state index contributed by atoms with van der Waals surface area (Å²) in [5.41, 5.74) is 2.27. The Balaban J connectivity index is 0.00000145. The number of aromatic nitrogens is 2. The summed E-state index contributed by atoms with van der Waals surface area (Å²) in [6.45, 7) is 6.22. The summed E-state index contributed by atoms with van der Waals surface area (Å²) in [4.78, 5) is 26.1. The number of rotatable bonds is 7. The molecule has 1 atom stereocenters. The van der Waals surface area contributed by atoms with E-state index in [1.807, 2.05) is 32.8 Å². The van der Waals surface area contributed by atoms with Crippen molar-refractivity contribution in [2.45, 2.75) is 40.0 Å². The van der Waals surface area contributed by atoms with E-state index in [0.717, 1.165) is 52.0 Å². The molecule has 5 nitrogen and oxygen atoms in total. The van der Waals surface area contributed by atoms with Gasteiger partial charge in [0.15, 0.2) is 6.29 Å². The monoisotopic (exact) mass is 412 g/mol. The minimum Gasteiger partial charge on any atom is -0.362 e. The van der Waals surface area contributed by atoms with Crippen molar-refractivity contribution in [3.63, 3.8) is 0 Å². The van der Waals surface area contributed by atoms with Crippen molar-refractivity contribution < 1.29 is 4.79 Å². The third-order valence-electron chi connectivity index (χ3n) is 4.72. The Morgan fingerprint density at radius 1 is 1.24 bits per heavy atom. The summed E-state index contributed by atoms with van der Waals surface area (Å²) in [5.74, 6) is 1.49. The smallest absolute Gasteiger partial charge is 0.160 e. The Morgan fingerprint density at radius 3 is 2.62 bits per heavy atom. The van der Waals surface area contributed by atoms with Crippen LogP contribution >= 0.6 is 11.3 Å². The number of hydrogen-bond donors (Lipinski definition) is 0. The predicted molar refractivity (Wildman–Crippen MR) is 125 cm³/mol. The minimum atomic E-state index is 0.618. The number of hydrogen-bond acceptors (Lipinski definition) is 6. The molecule has 0 fully saturated rings. The average molecular weight is 413 g/mol. The van der Waals surface area contributed by atoms with Crippen LogP contribution in [0.25, 0.3) is 10.2 Å². The maximum Gasteiger partial charge on any atom is 0.160 e. The number of allylic oxidation sites excluding steroid dienone is 4. The van der Waals surface area contributed by atoms with E-state index in [1.54, 1.807) is 6.33 Å². The van der Waals surface area contributed by atoms with Crippen LogP contribution in [0.4, 0.5) is 5.82 Å². The fourth-order valence-corrected chi connectivity index (χ4v) is 4.20. The first kappa shape index (κ1) is 22.8. The normalized spacial score (nSPS) is 15.8. The minimum absolute atomic E-state index is 0.618. The second-order valence-electron chi connectivity index (χ2n) is 7.07. The zero-order chi connectivity index (χ0) is 21.4. The molecule has 0 aromatic carbocycles. The van der Waals surface area contributed by atoms with Crippen LogP contribution in [0, 0.1) is 5.92 Å². The van der Waals surface area contributed by atoms with Crippen LogP contribution in [0.3, 0.4) is 0 Å². The average Bonchev–Trinajstić information content (AvgIpc) is 3.10. The molecule has 1 unspecified atom stereocenters. The number of fused-ring (bicyclic) bond motifs is 1. The van der Waals surface area contributed by atoms with Crippen molar-refractivity contribution in [1.82, 2.24) is 14.9 Å². The SMILES string of the molecule is CC.CC1C=CC(N(C)/C=C\CCc2c(C=O)sc3ncnc(N(C)C)c23)=CC1. The lowest BCUT2D eigenvalue weighted by atomic mass is 10.0. The Morgan fingerprint density at radius 2 is 2.00 bits per heavy atom. The van der Waals surface area contributed by atoms with E-state index < -0.39 is 0 Å². The predicted octanol–water partition coefficient (Wildman–Crippen LogP) is 5.45. The molecule has 0 aliphatic heterocycles. The number of aryl methyl sites for hydroxylation is 1. The van der Waals surface area contributed by atoms with E-state index >= 15 is 0 Å². The fraction of sp³-hybridized carbons (Fsp3) is 0.435.